The number of aromatic nitrogens is 3. The molecule has 0 bridgehead atoms. The fraction of sp³-hybridized carbons (Fsp3) is 0.286. The Hall–Kier alpha value is -2.84. The molecule has 0 spiro atoms. The normalized spacial score (nSPS) is 15.4. The van der Waals surface area contributed by atoms with Crippen LogP contribution in [0.1, 0.15) is 11.1 Å². The van der Waals surface area contributed by atoms with E-state index in [4.69, 9.17) is 0 Å². The fourth-order valence-corrected chi connectivity index (χ4v) is 4.93. The minimum atomic E-state index is -3.51. The lowest BCUT2D eigenvalue weighted by molar-refractivity contribution is 0.383. The molecule has 0 radical (unpaired) electrons. The molecule has 29 heavy (non-hydrogen) atoms. The van der Waals surface area contributed by atoms with Gasteiger partial charge in [-0.3, -0.25) is 4.98 Å². The van der Waals surface area contributed by atoms with Gasteiger partial charge in [-0.05, 0) is 43.7 Å². The molecule has 2 aromatic heterocycles. The van der Waals surface area contributed by atoms with Gasteiger partial charge in [-0.2, -0.15) is 4.31 Å². The van der Waals surface area contributed by atoms with Crippen LogP contribution in [0.2, 0.25) is 0 Å². The zero-order valence-corrected chi connectivity index (χ0v) is 17.3. The topological polar surface area (TPSA) is 79.3 Å². The minimum Gasteiger partial charge on any atom is -0.352 e. The highest BCUT2D eigenvalue weighted by molar-refractivity contribution is 7.89. The maximum absolute atomic E-state index is 12.7. The highest BCUT2D eigenvalue weighted by Gasteiger charge is 2.29. The van der Waals surface area contributed by atoms with Crippen LogP contribution in [0, 0.1) is 13.8 Å². The highest BCUT2D eigenvalue weighted by atomic mass is 32.2. The number of piperazine rings is 1. The molecule has 1 aromatic carbocycles. The third-order valence-corrected chi connectivity index (χ3v) is 7.03. The fourth-order valence-electron chi connectivity index (χ4n) is 3.54. The van der Waals surface area contributed by atoms with E-state index in [-0.39, 0.29) is 4.90 Å². The number of rotatable bonds is 4. The summed E-state index contributed by atoms with van der Waals surface area (Å²) in [5, 5.41) is 8.78. The van der Waals surface area contributed by atoms with Crippen molar-refractivity contribution in [3.05, 3.63) is 66.0 Å². The first-order valence-electron chi connectivity index (χ1n) is 9.51. The van der Waals surface area contributed by atoms with Crippen LogP contribution in [0.15, 0.2) is 59.8 Å². The van der Waals surface area contributed by atoms with Crippen LogP contribution in [0.4, 0.5) is 5.82 Å². The molecule has 0 amide bonds. The smallest absolute Gasteiger partial charge is 0.244 e. The van der Waals surface area contributed by atoms with E-state index >= 15 is 0 Å². The molecular weight excluding hydrogens is 386 g/mol. The van der Waals surface area contributed by atoms with Gasteiger partial charge < -0.3 is 4.90 Å². The van der Waals surface area contributed by atoms with Crippen molar-refractivity contribution < 1.29 is 8.42 Å². The summed E-state index contributed by atoms with van der Waals surface area (Å²) < 4.78 is 27.0. The first kappa shape index (κ1) is 19.5. The zero-order valence-electron chi connectivity index (χ0n) is 16.5. The van der Waals surface area contributed by atoms with Gasteiger partial charge in [0.15, 0.2) is 5.82 Å². The molecule has 1 fully saturated rings. The lowest BCUT2D eigenvalue weighted by Crippen LogP contribution is -2.49. The summed E-state index contributed by atoms with van der Waals surface area (Å²) in [6.45, 7) is 6.07. The molecule has 1 aliphatic heterocycles. The Bertz CT molecular complexity index is 1090. The van der Waals surface area contributed by atoms with Gasteiger partial charge in [-0.15, -0.1) is 10.2 Å². The molecule has 4 rings (SSSR count). The average Bonchev–Trinajstić information content (AvgIpc) is 2.75. The number of pyridine rings is 1. The Morgan fingerprint density at radius 1 is 0.931 bits per heavy atom. The number of hydrogen-bond donors (Lipinski definition) is 0. The second-order valence-corrected chi connectivity index (χ2v) is 9.11. The summed E-state index contributed by atoms with van der Waals surface area (Å²) in [4.78, 5) is 6.21. The van der Waals surface area contributed by atoms with Gasteiger partial charge in [-0.1, -0.05) is 23.8 Å². The van der Waals surface area contributed by atoms with Gasteiger partial charge >= 0.3 is 0 Å². The Labute approximate surface area is 171 Å². The third kappa shape index (κ3) is 3.99. The number of nitrogens with zero attached hydrogens (tertiary/aromatic N) is 5. The average molecular weight is 410 g/mol. The lowest BCUT2D eigenvalue weighted by Gasteiger charge is -2.34. The van der Waals surface area contributed by atoms with Crippen molar-refractivity contribution in [2.75, 3.05) is 31.1 Å². The highest BCUT2D eigenvalue weighted by Crippen LogP contribution is 2.24. The Kier molecular flexibility index (Phi) is 5.29. The largest absolute Gasteiger partial charge is 0.352 e. The first-order valence-corrected chi connectivity index (χ1v) is 11.0. The van der Waals surface area contributed by atoms with Gasteiger partial charge in [0.25, 0.3) is 0 Å². The van der Waals surface area contributed by atoms with Crippen LogP contribution in [0.25, 0.3) is 11.3 Å². The third-order valence-electron chi connectivity index (χ3n) is 5.14. The maximum Gasteiger partial charge on any atom is 0.244 e. The molecule has 3 aromatic rings. The predicted octanol–water partition coefficient (Wildman–Crippen LogP) is 2.67. The summed E-state index contributed by atoms with van der Waals surface area (Å²) in [5.74, 6) is 0.761. The summed E-state index contributed by atoms with van der Waals surface area (Å²) >= 11 is 0. The van der Waals surface area contributed by atoms with Crippen molar-refractivity contribution in [1.29, 1.82) is 0 Å². The zero-order chi connectivity index (χ0) is 20.4. The van der Waals surface area contributed by atoms with Gasteiger partial charge in [-0.25, -0.2) is 8.42 Å². The molecule has 150 valence electrons. The summed E-state index contributed by atoms with van der Waals surface area (Å²) in [6, 6.07) is 13.4. The number of sulfonamides is 1. The molecule has 0 unspecified atom stereocenters. The molecule has 0 N–H and O–H groups in total. The quantitative estimate of drug-likeness (QED) is 0.659. The van der Waals surface area contributed by atoms with Crippen LogP contribution in [0.3, 0.4) is 0 Å². The number of anilines is 1. The SMILES string of the molecule is Cc1ccc(-c2ccc(N3CCN(S(=O)(=O)c4cccnc4)CC3)nn2)c(C)c1. The van der Waals surface area contributed by atoms with Crippen molar-refractivity contribution in [3.63, 3.8) is 0 Å². The van der Waals surface area contributed by atoms with E-state index in [1.165, 1.54) is 21.6 Å². The molecule has 7 nitrogen and oxygen atoms in total. The first-order chi connectivity index (χ1) is 13.9. The van der Waals surface area contributed by atoms with E-state index in [1.54, 1.807) is 18.3 Å². The van der Waals surface area contributed by atoms with Crippen LogP contribution >= 0.6 is 0 Å². The Morgan fingerprint density at radius 2 is 1.72 bits per heavy atom. The molecular formula is C21H23N5O2S. The van der Waals surface area contributed by atoms with Gasteiger partial charge in [0, 0.05) is 44.1 Å². The van der Waals surface area contributed by atoms with Crippen LogP contribution < -0.4 is 4.90 Å². The Balaban J connectivity index is 1.45. The number of hydrogen-bond acceptors (Lipinski definition) is 6. The van der Waals surface area contributed by atoms with E-state index in [9.17, 15) is 8.42 Å². The van der Waals surface area contributed by atoms with Gasteiger partial charge in [0.2, 0.25) is 10.0 Å². The molecule has 0 atom stereocenters. The van der Waals surface area contributed by atoms with Crippen molar-refractivity contribution >= 4 is 15.8 Å². The number of benzene rings is 1. The van der Waals surface area contributed by atoms with E-state index in [2.05, 4.69) is 52.1 Å². The predicted molar refractivity (Wildman–Crippen MR) is 112 cm³/mol. The van der Waals surface area contributed by atoms with Crippen molar-refractivity contribution in [2.24, 2.45) is 0 Å². The maximum atomic E-state index is 12.7. The van der Waals surface area contributed by atoms with Gasteiger partial charge in [0.05, 0.1) is 5.69 Å². The summed E-state index contributed by atoms with van der Waals surface area (Å²) in [7, 11) is -3.51. The molecule has 8 heteroatoms. The summed E-state index contributed by atoms with van der Waals surface area (Å²) in [6.07, 6.45) is 2.95. The van der Waals surface area contributed by atoms with E-state index in [0.29, 0.717) is 26.2 Å². The second-order valence-electron chi connectivity index (χ2n) is 7.18. The van der Waals surface area contributed by atoms with Gasteiger partial charge in [0.1, 0.15) is 4.90 Å². The Morgan fingerprint density at radius 3 is 2.34 bits per heavy atom. The molecule has 1 aliphatic rings. The van der Waals surface area contributed by atoms with Crippen LogP contribution in [-0.2, 0) is 10.0 Å². The molecule has 0 aliphatic carbocycles. The van der Waals surface area contributed by atoms with Crippen LogP contribution in [-0.4, -0.2) is 54.1 Å². The monoisotopic (exact) mass is 409 g/mol. The van der Waals surface area contributed by atoms with Crippen LogP contribution in [0.5, 0.6) is 0 Å². The second kappa shape index (κ2) is 7.88. The van der Waals surface area contributed by atoms with E-state index in [1.807, 2.05) is 12.1 Å². The standard InChI is InChI=1S/C21H23N5O2S/c1-16-5-6-19(17(2)14-16)20-7-8-21(24-23-20)25-10-12-26(13-11-25)29(27,28)18-4-3-9-22-15-18/h3-9,14-15H,10-13H2,1-2H3. The summed E-state index contributed by atoms with van der Waals surface area (Å²) in [5.41, 5.74) is 4.29. The van der Waals surface area contributed by atoms with Crippen molar-refractivity contribution in [2.45, 2.75) is 18.7 Å². The molecule has 1 saturated heterocycles. The van der Waals surface area contributed by atoms with E-state index < -0.39 is 10.0 Å². The lowest BCUT2D eigenvalue weighted by atomic mass is 10.0. The molecule has 3 heterocycles. The number of aryl methyl sites for hydroxylation is 2. The molecule has 0 saturated carbocycles. The van der Waals surface area contributed by atoms with Crippen molar-refractivity contribution in [3.8, 4) is 11.3 Å². The van der Waals surface area contributed by atoms with Crippen molar-refractivity contribution in [1.82, 2.24) is 19.5 Å². The van der Waals surface area contributed by atoms with E-state index in [0.717, 1.165) is 17.1 Å². The minimum absolute atomic E-state index is 0.228.